The molecule has 1 saturated heterocycles. The number of hydrogen-bond donors (Lipinski definition) is 0. The molecule has 5 nitrogen and oxygen atoms in total. The number of anilines is 1. The van der Waals surface area contributed by atoms with Crippen molar-refractivity contribution in [3.8, 4) is 0 Å². The Morgan fingerprint density at radius 3 is 2.79 bits per heavy atom. The van der Waals surface area contributed by atoms with Gasteiger partial charge in [-0.15, -0.1) is 0 Å². The molecule has 1 aromatic carbocycles. The zero-order valence-electron chi connectivity index (χ0n) is 10.6. The van der Waals surface area contributed by atoms with Gasteiger partial charge in [0.1, 0.15) is 0 Å². The van der Waals surface area contributed by atoms with Crippen LogP contribution in [-0.4, -0.2) is 23.3 Å². The summed E-state index contributed by atoms with van der Waals surface area (Å²) in [7, 11) is 0. The number of nitro benzene ring substituents is 1. The van der Waals surface area contributed by atoms with Gasteiger partial charge < -0.3 is 4.90 Å². The summed E-state index contributed by atoms with van der Waals surface area (Å²) in [5, 5.41) is 11.0. The number of nitro groups is 1. The standard InChI is InChI=1S/C13H15ClN2O3/c1-9(17)12-4-2-3-7-15(12)13-6-5-10(16(18)19)8-11(13)14/h5-6,8,12H,2-4,7H2,1H3. The van der Waals surface area contributed by atoms with Crippen molar-refractivity contribution in [2.24, 2.45) is 0 Å². The third-order valence-electron chi connectivity index (χ3n) is 3.42. The number of benzene rings is 1. The van der Waals surface area contributed by atoms with Gasteiger partial charge in [-0.3, -0.25) is 14.9 Å². The number of rotatable bonds is 3. The van der Waals surface area contributed by atoms with E-state index in [1.54, 1.807) is 13.0 Å². The summed E-state index contributed by atoms with van der Waals surface area (Å²) in [6.45, 7) is 2.32. The number of non-ortho nitro benzene ring substituents is 1. The zero-order chi connectivity index (χ0) is 14.0. The quantitative estimate of drug-likeness (QED) is 0.631. The number of carbonyl (C=O) groups excluding carboxylic acids is 1. The van der Waals surface area contributed by atoms with E-state index in [-0.39, 0.29) is 17.5 Å². The minimum Gasteiger partial charge on any atom is -0.360 e. The molecule has 1 heterocycles. The molecule has 0 radical (unpaired) electrons. The van der Waals surface area contributed by atoms with Crippen LogP contribution < -0.4 is 4.90 Å². The molecule has 1 atom stereocenters. The van der Waals surface area contributed by atoms with Crippen LogP contribution in [0.4, 0.5) is 11.4 Å². The van der Waals surface area contributed by atoms with Crippen LogP contribution in [-0.2, 0) is 4.79 Å². The smallest absolute Gasteiger partial charge is 0.271 e. The highest BCUT2D eigenvalue weighted by Crippen LogP contribution is 2.33. The maximum atomic E-state index is 11.7. The monoisotopic (exact) mass is 282 g/mol. The van der Waals surface area contributed by atoms with E-state index in [2.05, 4.69) is 0 Å². The second-order valence-corrected chi connectivity index (χ2v) is 5.12. The van der Waals surface area contributed by atoms with Crippen LogP contribution in [0.1, 0.15) is 26.2 Å². The molecule has 0 amide bonds. The van der Waals surface area contributed by atoms with E-state index in [1.807, 2.05) is 4.90 Å². The number of halogens is 1. The maximum absolute atomic E-state index is 11.7. The number of hydrogen-bond acceptors (Lipinski definition) is 4. The minimum absolute atomic E-state index is 0.0369. The van der Waals surface area contributed by atoms with Gasteiger partial charge in [0.05, 0.1) is 21.7 Å². The van der Waals surface area contributed by atoms with Crippen molar-refractivity contribution in [1.29, 1.82) is 0 Å². The molecule has 6 heteroatoms. The average molecular weight is 283 g/mol. The van der Waals surface area contributed by atoms with Crippen LogP contribution >= 0.6 is 11.6 Å². The molecule has 1 unspecified atom stereocenters. The fourth-order valence-corrected chi connectivity index (χ4v) is 2.77. The first-order chi connectivity index (χ1) is 9.00. The Bertz CT molecular complexity index is 519. The molecule has 2 rings (SSSR count). The van der Waals surface area contributed by atoms with Gasteiger partial charge >= 0.3 is 0 Å². The Hall–Kier alpha value is -1.62. The molecule has 19 heavy (non-hydrogen) atoms. The first-order valence-corrected chi connectivity index (χ1v) is 6.59. The van der Waals surface area contributed by atoms with Crippen molar-refractivity contribution in [3.63, 3.8) is 0 Å². The van der Waals surface area contributed by atoms with E-state index in [1.165, 1.54) is 12.1 Å². The Morgan fingerprint density at radius 1 is 1.47 bits per heavy atom. The van der Waals surface area contributed by atoms with Crippen LogP contribution in [0.2, 0.25) is 5.02 Å². The largest absolute Gasteiger partial charge is 0.360 e. The summed E-state index contributed by atoms with van der Waals surface area (Å²) in [6.07, 6.45) is 2.82. The Morgan fingerprint density at radius 2 is 2.21 bits per heavy atom. The average Bonchev–Trinajstić information content (AvgIpc) is 2.38. The maximum Gasteiger partial charge on any atom is 0.271 e. The normalized spacial score (nSPS) is 19.3. The lowest BCUT2D eigenvalue weighted by atomic mass is 9.98. The summed E-state index contributed by atoms with van der Waals surface area (Å²) in [4.78, 5) is 23.8. The first kappa shape index (κ1) is 13.8. The summed E-state index contributed by atoms with van der Waals surface area (Å²) in [6, 6.07) is 4.21. The van der Waals surface area contributed by atoms with E-state index < -0.39 is 4.92 Å². The fraction of sp³-hybridized carbons (Fsp3) is 0.462. The lowest BCUT2D eigenvalue weighted by molar-refractivity contribution is -0.384. The Labute approximate surface area is 116 Å². The van der Waals surface area contributed by atoms with Crippen molar-refractivity contribution < 1.29 is 9.72 Å². The highest BCUT2D eigenvalue weighted by molar-refractivity contribution is 6.33. The number of Topliss-reactive ketones (excluding diaryl/α,β-unsaturated/α-hetero) is 1. The number of piperidine rings is 1. The van der Waals surface area contributed by atoms with Crippen molar-refractivity contribution in [2.45, 2.75) is 32.2 Å². The molecule has 0 N–H and O–H groups in total. The molecule has 1 fully saturated rings. The van der Waals surface area contributed by atoms with Gasteiger partial charge in [0.2, 0.25) is 0 Å². The zero-order valence-corrected chi connectivity index (χ0v) is 11.4. The van der Waals surface area contributed by atoms with Crippen molar-refractivity contribution in [2.75, 3.05) is 11.4 Å². The molecule has 0 saturated carbocycles. The van der Waals surface area contributed by atoms with Crippen molar-refractivity contribution >= 4 is 28.8 Å². The van der Waals surface area contributed by atoms with E-state index in [4.69, 9.17) is 11.6 Å². The van der Waals surface area contributed by atoms with E-state index in [9.17, 15) is 14.9 Å². The lowest BCUT2D eigenvalue weighted by Gasteiger charge is -2.36. The highest BCUT2D eigenvalue weighted by Gasteiger charge is 2.28. The van der Waals surface area contributed by atoms with Gasteiger partial charge in [0.25, 0.3) is 5.69 Å². The van der Waals surface area contributed by atoms with Crippen LogP contribution in [0.5, 0.6) is 0 Å². The third-order valence-corrected chi connectivity index (χ3v) is 3.73. The van der Waals surface area contributed by atoms with Crippen molar-refractivity contribution in [1.82, 2.24) is 0 Å². The second-order valence-electron chi connectivity index (χ2n) is 4.71. The molecule has 0 spiro atoms. The van der Waals surface area contributed by atoms with Crippen LogP contribution in [0.25, 0.3) is 0 Å². The summed E-state index contributed by atoms with van der Waals surface area (Å²) in [5.74, 6) is 0.106. The molecule has 0 bridgehead atoms. The van der Waals surface area contributed by atoms with E-state index in [0.717, 1.165) is 25.8 Å². The molecule has 1 aliphatic rings. The number of carbonyl (C=O) groups is 1. The topological polar surface area (TPSA) is 63.5 Å². The molecule has 1 aromatic rings. The summed E-state index contributed by atoms with van der Waals surface area (Å²) >= 11 is 6.12. The van der Waals surface area contributed by atoms with Crippen molar-refractivity contribution in [3.05, 3.63) is 33.3 Å². The number of ketones is 1. The lowest BCUT2D eigenvalue weighted by Crippen LogP contribution is -2.44. The van der Waals surface area contributed by atoms with Crippen LogP contribution in [0.15, 0.2) is 18.2 Å². The Kier molecular flexibility index (Phi) is 4.04. The number of nitrogens with zero attached hydrogens (tertiary/aromatic N) is 2. The third kappa shape index (κ3) is 2.87. The van der Waals surface area contributed by atoms with Crippen LogP contribution in [0.3, 0.4) is 0 Å². The Balaban J connectivity index is 2.34. The van der Waals surface area contributed by atoms with Gasteiger partial charge in [-0.2, -0.15) is 0 Å². The first-order valence-electron chi connectivity index (χ1n) is 6.21. The van der Waals surface area contributed by atoms with Crippen LogP contribution in [0, 0.1) is 10.1 Å². The summed E-state index contributed by atoms with van der Waals surface area (Å²) in [5.41, 5.74) is 0.664. The molecular formula is C13H15ClN2O3. The minimum atomic E-state index is -0.478. The fourth-order valence-electron chi connectivity index (χ4n) is 2.48. The molecule has 1 aliphatic heterocycles. The van der Waals surface area contributed by atoms with Gasteiger partial charge in [-0.25, -0.2) is 0 Å². The summed E-state index contributed by atoms with van der Waals surface area (Å²) < 4.78 is 0. The van der Waals surface area contributed by atoms with E-state index >= 15 is 0 Å². The van der Waals surface area contributed by atoms with Gasteiger partial charge in [-0.1, -0.05) is 11.6 Å². The molecular weight excluding hydrogens is 268 g/mol. The highest BCUT2D eigenvalue weighted by atomic mass is 35.5. The predicted octanol–water partition coefficient (Wildman–Crippen LogP) is 3.20. The predicted molar refractivity (Wildman–Crippen MR) is 73.8 cm³/mol. The molecule has 0 aliphatic carbocycles. The van der Waals surface area contributed by atoms with Gasteiger partial charge in [0.15, 0.2) is 5.78 Å². The molecule has 0 aromatic heterocycles. The second kappa shape index (κ2) is 5.57. The molecule has 102 valence electrons. The van der Waals surface area contributed by atoms with E-state index in [0.29, 0.717) is 10.7 Å². The van der Waals surface area contributed by atoms with Gasteiger partial charge in [0, 0.05) is 18.7 Å². The SMILES string of the molecule is CC(=O)C1CCCCN1c1ccc([N+](=O)[O-])cc1Cl. The van der Waals surface area contributed by atoms with Gasteiger partial charge in [-0.05, 0) is 32.3 Å².